The molecule has 0 amide bonds. The van der Waals surface area contributed by atoms with Crippen molar-refractivity contribution in [2.75, 3.05) is 0 Å². The molecule has 0 aliphatic heterocycles. The van der Waals surface area contributed by atoms with Gasteiger partial charge in [0.15, 0.2) is 5.78 Å². The van der Waals surface area contributed by atoms with E-state index in [4.69, 9.17) is 0 Å². The minimum atomic E-state index is 0.211. The highest BCUT2D eigenvalue weighted by Gasteiger charge is 2.28. The quantitative estimate of drug-likeness (QED) is 0.745. The number of hydrogen-bond donors (Lipinski definition) is 0. The number of carbonyl (C=O) groups is 1. The Kier molecular flexibility index (Phi) is 2.86. The van der Waals surface area contributed by atoms with Crippen LogP contribution in [0.25, 0.3) is 10.9 Å². The van der Waals surface area contributed by atoms with Crippen LogP contribution in [-0.2, 0) is 0 Å². The zero-order chi connectivity index (χ0) is 12.5. The van der Waals surface area contributed by atoms with E-state index in [1.165, 1.54) is 6.42 Å². The van der Waals surface area contributed by atoms with Gasteiger partial charge in [0.05, 0.1) is 5.52 Å². The van der Waals surface area contributed by atoms with Gasteiger partial charge in [0.25, 0.3) is 0 Å². The number of fused-ring (bicyclic) bond motifs is 1. The number of aromatic nitrogens is 1. The summed E-state index contributed by atoms with van der Waals surface area (Å²) in [5.74, 6) is 1.17. The van der Waals surface area contributed by atoms with Crippen molar-refractivity contribution in [1.29, 1.82) is 0 Å². The fourth-order valence-corrected chi connectivity index (χ4v) is 2.89. The summed E-state index contributed by atoms with van der Waals surface area (Å²) < 4.78 is 0. The Labute approximate surface area is 107 Å². The first-order valence-corrected chi connectivity index (χ1v) is 6.63. The zero-order valence-corrected chi connectivity index (χ0v) is 10.6. The summed E-state index contributed by atoms with van der Waals surface area (Å²) in [5.41, 5.74) is 1.72. The van der Waals surface area contributed by atoms with Gasteiger partial charge < -0.3 is 0 Å². The molecule has 2 nitrogen and oxygen atoms in total. The first-order valence-electron chi connectivity index (χ1n) is 6.63. The smallest absolute Gasteiger partial charge is 0.167 e. The van der Waals surface area contributed by atoms with Gasteiger partial charge in [-0.25, -0.2) is 0 Å². The van der Waals surface area contributed by atoms with Gasteiger partial charge in [-0.15, -0.1) is 0 Å². The average molecular weight is 239 g/mol. The minimum absolute atomic E-state index is 0.211. The normalized spacial score (nSPS) is 23.4. The van der Waals surface area contributed by atoms with Gasteiger partial charge in [-0.2, -0.15) is 0 Å². The maximum Gasteiger partial charge on any atom is 0.167 e. The Hall–Kier alpha value is -1.70. The second-order valence-corrected chi connectivity index (χ2v) is 5.40. The van der Waals surface area contributed by atoms with E-state index in [9.17, 15) is 4.79 Å². The van der Waals surface area contributed by atoms with Crippen molar-refractivity contribution in [3.05, 3.63) is 42.1 Å². The third kappa shape index (κ3) is 2.03. The first-order chi connectivity index (χ1) is 8.74. The van der Waals surface area contributed by atoms with Crippen LogP contribution in [0.2, 0.25) is 0 Å². The van der Waals surface area contributed by atoms with Crippen molar-refractivity contribution < 1.29 is 4.79 Å². The lowest BCUT2D eigenvalue weighted by molar-refractivity contribution is 0.0920. The van der Waals surface area contributed by atoms with Crippen LogP contribution in [0.4, 0.5) is 0 Å². The summed E-state index contributed by atoms with van der Waals surface area (Å²) in [4.78, 5) is 16.8. The van der Waals surface area contributed by atoms with Crippen LogP contribution < -0.4 is 0 Å². The van der Waals surface area contributed by atoms with Gasteiger partial charge in [-0.05, 0) is 37.3 Å². The molecule has 1 aromatic heterocycles. The lowest BCUT2D eigenvalue weighted by Gasteiger charge is -2.08. The van der Waals surface area contributed by atoms with Crippen molar-refractivity contribution in [3.8, 4) is 0 Å². The molecule has 0 saturated heterocycles. The Morgan fingerprint density at radius 1 is 1.28 bits per heavy atom. The topological polar surface area (TPSA) is 30.0 Å². The molecule has 1 heterocycles. The molecular formula is C16H17NO. The summed E-state index contributed by atoms with van der Waals surface area (Å²) in [5, 5.41) is 1.05. The monoisotopic (exact) mass is 239 g/mol. The highest BCUT2D eigenvalue weighted by Crippen LogP contribution is 2.32. The van der Waals surface area contributed by atoms with Crippen LogP contribution in [-0.4, -0.2) is 10.8 Å². The van der Waals surface area contributed by atoms with E-state index in [0.717, 1.165) is 29.3 Å². The van der Waals surface area contributed by atoms with E-state index in [2.05, 4.69) is 11.9 Å². The number of nitrogens with zero attached hydrogens (tertiary/aromatic N) is 1. The molecule has 0 bridgehead atoms. The van der Waals surface area contributed by atoms with Gasteiger partial charge in [0.2, 0.25) is 0 Å². The van der Waals surface area contributed by atoms with Crippen LogP contribution >= 0.6 is 0 Å². The number of ketones is 1. The largest absolute Gasteiger partial charge is 0.294 e. The highest BCUT2D eigenvalue weighted by molar-refractivity contribution is 6.00. The molecule has 3 rings (SSSR count). The van der Waals surface area contributed by atoms with E-state index in [1.54, 1.807) is 6.20 Å². The fourth-order valence-electron chi connectivity index (χ4n) is 2.89. The number of rotatable bonds is 2. The molecule has 2 atom stereocenters. The maximum absolute atomic E-state index is 12.4. The van der Waals surface area contributed by atoms with Crippen LogP contribution in [0.3, 0.4) is 0 Å². The van der Waals surface area contributed by atoms with Crippen LogP contribution in [0.15, 0.2) is 36.5 Å². The van der Waals surface area contributed by atoms with Gasteiger partial charge in [-0.1, -0.05) is 25.1 Å². The SMILES string of the molecule is CC1CCC(C(=O)c2cnc3ccccc3c2)C1. The molecule has 1 aromatic carbocycles. The molecule has 0 radical (unpaired) electrons. The number of Topliss-reactive ketones (excluding diaryl/α,β-unsaturated/α-hetero) is 1. The molecule has 1 aliphatic carbocycles. The molecule has 1 fully saturated rings. The van der Waals surface area contributed by atoms with Crippen LogP contribution in [0.1, 0.15) is 36.5 Å². The molecule has 2 aromatic rings. The Morgan fingerprint density at radius 2 is 2.11 bits per heavy atom. The lowest BCUT2D eigenvalue weighted by Crippen LogP contribution is -2.11. The molecule has 0 N–H and O–H groups in total. The maximum atomic E-state index is 12.4. The predicted octanol–water partition coefficient (Wildman–Crippen LogP) is 3.85. The summed E-state index contributed by atoms with van der Waals surface area (Å²) in [6.45, 7) is 2.23. The average Bonchev–Trinajstić information content (AvgIpc) is 2.84. The fraction of sp³-hybridized carbons (Fsp3) is 0.375. The van der Waals surface area contributed by atoms with Gasteiger partial charge >= 0.3 is 0 Å². The van der Waals surface area contributed by atoms with Crippen molar-refractivity contribution >= 4 is 16.7 Å². The molecule has 2 heteroatoms. The van der Waals surface area contributed by atoms with E-state index in [1.807, 2.05) is 30.3 Å². The Balaban J connectivity index is 1.92. The molecule has 92 valence electrons. The van der Waals surface area contributed by atoms with Crippen LogP contribution in [0, 0.1) is 11.8 Å². The van der Waals surface area contributed by atoms with E-state index < -0.39 is 0 Å². The summed E-state index contributed by atoms with van der Waals surface area (Å²) in [6.07, 6.45) is 4.98. The van der Waals surface area contributed by atoms with E-state index in [-0.39, 0.29) is 11.7 Å². The lowest BCUT2D eigenvalue weighted by atomic mass is 9.95. The molecular weight excluding hydrogens is 222 g/mol. The zero-order valence-electron chi connectivity index (χ0n) is 10.6. The second kappa shape index (κ2) is 4.52. The summed E-state index contributed by atoms with van der Waals surface area (Å²) >= 11 is 0. The number of para-hydroxylation sites is 1. The van der Waals surface area contributed by atoms with Gasteiger partial charge in [0, 0.05) is 23.1 Å². The molecule has 0 spiro atoms. The van der Waals surface area contributed by atoms with Crippen molar-refractivity contribution in [2.45, 2.75) is 26.2 Å². The molecule has 2 unspecified atom stereocenters. The molecule has 18 heavy (non-hydrogen) atoms. The number of benzene rings is 1. The Bertz CT molecular complexity index is 590. The Morgan fingerprint density at radius 3 is 2.89 bits per heavy atom. The van der Waals surface area contributed by atoms with E-state index >= 15 is 0 Å². The standard InChI is InChI=1S/C16H17NO/c1-11-6-7-13(8-11)16(18)14-9-12-4-2-3-5-15(12)17-10-14/h2-5,9-11,13H,6-8H2,1H3. The molecule has 1 aliphatic rings. The third-order valence-electron chi connectivity index (χ3n) is 3.94. The van der Waals surface area contributed by atoms with Crippen molar-refractivity contribution in [2.24, 2.45) is 11.8 Å². The molecule has 1 saturated carbocycles. The second-order valence-electron chi connectivity index (χ2n) is 5.40. The first kappa shape index (κ1) is 11.4. The number of hydrogen-bond acceptors (Lipinski definition) is 2. The third-order valence-corrected chi connectivity index (χ3v) is 3.94. The van der Waals surface area contributed by atoms with Gasteiger partial charge in [0.1, 0.15) is 0 Å². The van der Waals surface area contributed by atoms with Crippen molar-refractivity contribution in [3.63, 3.8) is 0 Å². The highest BCUT2D eigenvalue weighted by atomic mass is 16.1. The van der Waals surface area contributed by atoms with Crippen molar-refractivity contribution in [1.82, 2.24) is 4.98 Å². The number of pyridine rings is 1. The van der Waals surface area contributed by atoms with Crippen LogP contribution in [0.5, 0.6) is 0 Å². The predicted molar refractivity (Wildman–Crippen MR) is 72.6 cm³/mol. The summed E-state index contributed by atoms with van der Waals surface area (Å²) in [6, 6.07) is 9.91. The van der Waals surface area contributed by atoms with E-state index in [0.29, 0.717) is 5.92 Å². The summed E-state index contributed by atoms with van der Waals surface area (Å²) in [7, 11) is 0. The minimum Gasteiger partial charge on any atom is -0.294 e. The van der Waals surface area contributed by atoms with Gasteiger partial charge in [-0.3, -0.25) is 9.78 Å². The number of carbonyl (C=O) groups excluding carboxylic acids is 1.